The molecule has 2 N–H and O–H groups in total. The molecule has 8 heteroatoms. The third-order valence-electron chi connectivity index (χ3n) is 3.22. The minimum atomic E-state index is -0.569. The highest BCUT2D eigenvalue weighted by Crippen LogP contribution is 2.26. The molecule has 2 aromatic heterocycles. The zero-order chi connectivity index (χ0) is 18.2. The number of aromatic nitrogens is 1. The average Bonchev–Trinajstić information content (AvgIpc) is 3.22. The average molecular weight is 363 g/mol. The summed E-state index contributed by atoms with van der Waals surface area (Å²) in [5.41, 5.74) is 0.620. The minimum absolute atomic E-state index is 0.124. The largest absolute Gasteiger partial charge is 0.458 e. The summed E-state index contributed by atoms with van der Waals surface area (Å²) in [4.78, 5) is 27.3. The molecule has 2 aromatic rings. The molecule has 0 saturated heterocycles. The van der Waals surface area contributed by atoms with Crippen LogP contribution in [-0.4, -0.2) is 29.5 Å². The van der Waals surface area contributed by atoms with Crippen molar-refractivity contribution >= 4 is 28.3 Å². The van der Waals surface area contributed by atoms with Crippen molar-refractivity contribution in [3.8, 4) is 11.5 Å². The van der Waals surface area contributed by atoms with E-state index in [2.05, 4.69) is 22.2 Å². The number of furan rings is 1. The number of rotatable bonds is 9. The molecule has 2 heterocycles. The van der Waals surface area contributed by atoms with Crippen molar-refractivity contribution in [2.24, 2.45) is 0 Å². The van der Waals surface area contributed by atoms with Crippen molar-refractivity contribution in [2.75, 3.05) is 11.9 Å². The molecule has 0 aliphatic carbocycles. The molecule has 1 atom stereocenters. The van der Waals surface area contributed by atoms with E-state index in [-0.39, 0.29) is 11.8 Å². The van der Waals surface area contributed by atoms with Crippen molar-refractivity contribution in [1.82, 2.24) is 10.3 Å². The third kappa shape index (κ3) is 5.84. The summed E-state index contributed by atoms with van der Waals surface area (Å²) in [5, 5.41) is 7.65. The van der Waals surface area contributed by atoms with Gasteiger partial charge in [-0.05, 0) is 25.5 Å². The van der Waals surface area contributed by atoms with E-state index in [1.54, 1.807) is 30.5 Å². The van der Waals surface area contributed by atoms with E-state index in [0.29, 0.717) is 41.9 Å². The van der Waals surface area contributed by atoms with Gasteiger partial charge in [0.15, 0.2) is 10.9 Å². The molecule has 25 heavy (non-hydrogen) atoms. The van der Waals surface area contributed by atoms with Crippen LogP contribution in [0.5, 0.6) is 0 Å². The maximum Gasteiger partial charge on any atom is 0.254 e. The Morgan fingerprint density at radius 2 is 2.28 bits per heavy atom. The second-order valence-electron chi connectivity index (χ2n) is 5.29. The van der Waals surface area contributed by atoms with Crippen LogP contribution in [0.3, 0.4) is 0 Å². The van der Waals surface area contributed by atoms with Crippen LogP contribution in [0.15, 0.2) is 34.6 Å². The van der Waals surface area contributed by atoms with Gasteiger partial charge >= 0.3 is 0 Å². The molecule has 2 rings (SSSR count). The molecule has 0 aliphatic heterocycles. The van der Waals surface area contributed by atoms with Gasteiger partial charge in [-0.3, -0.25) is 14.9 Å². The fourth-order valence-corrected chi connectivity index (χ4v) is 2.58. The molecule has 0 radical (unpaired) electrons. The normalized spacial score (nSPS) is 11.8. The Bertz CT molecular complexity index is 738. The highest BCUT2D eigenvalue weighted by atomic mass is 32.1. The molecule has 0 fully saturated rings. The van der Waals surface area contributed by atoms with Gasteiger partial charge in [-0.25, -0.2) is 4.98 Å². The first-order chi connectivity index (χ1) is 12.0. The Morgan fingerprint density at radius 1 is 1.48 bits per heavy atom. The highest BCUT2D eigenvalue weighted by molar-refractivity contribution is 7.14. The molecule has 0 aromatic carbocycles. The van der Waals surface area contributed by atoms with Crippen molar-refractivity contribution in [3.05, 3.63) is 35.9 Å². The number of thiazole rings is 1. The summed E-state index contributed by atoms with van der Waals surface area (Å²) in [6.07, 6.45) is 1.86. The molecule has 0 spiro atoms. The number of hydrogen-bond donors (Lipinski definition) is 2. The molecular formula is C17H21N3O4S. The number of anilines is 1. The Morgan fingerprint density at radius 3 is 3.00 bits per heavy atom. The van der Waals surface area contributed by atoms with Gasteiger partial charge in [0.25, 0.3) is 5.91 Å². The van der Waals surface area contributed by atoms with Crippen LogP contribution in [0, 0.1) is 0 Å². The monoisotopic (exact) mass is 363 g/mol. The summed E-state index contributed by atoms with van der Waals surface area (Å²) in [5.74, 6) is 0.831. The quantitative estimate of drug-likeness (QED) is 0.528. The first kappa shape index (κ1) is 18.9. The summed E-state index contributed by atoms with van der Waals surface area (Å²) in [6.45, 7) is 7.51. The fourth-order valence-electron chi connectivity index (χ4n) is 1.88. The van der Waals surface area contributed by atoms with E-state index < -0.39 is 6.10 Å². The molecule has 2 amide bonds. The number of nitrogens with one attached hydrogen (secondary N) is 2. The van der Waals surface area contributed by atoms with E-state index in [1.165, 1.54) is 18.3 Å². The predicted octanol–water partition coefficient (Wildman–Crippen LogP) is 2.96. The van der Waals surface area contributed by atoms with Gasteiger partial charge in [0, 0.05) is 12.3 Å². The summed E-state index contributed by atoms with van der Waals surface area (Å²) in [6, 6.07) is 3.55. The summed E-state index contributed by atoms with van der Waals surface area (Å²) < 4.78 is 11.0. The first-order valence-corrected chi connectivity index (χ1v) is 8.70. The van der Waals surface area contributed by atoms with Crippen molar-refractivity contribution in [1.29, 1.82) is 0 Å². The van der Waals surface area contributed by atoms with Gasteiger partial charge < -0.3 is 14.5 Å². The van der Waals surface area contributed by atoms with Crippen molar-refractivity contribution in [2.45, 2.75) is 32.9 Å². The van der Waals surface area contributed by atoms with E-state index >= 15 is 0 Å². The Hall–Kier alpha value is -2.45. The lowest BCUT2D eigenvalue weighted by Gasteiger charge is -2.11. The second kappa shape index (κ2) is 9.14. The summed E-state index contributed by atoms with van der Waals surface area (Å²) in [7, 11) is 0. The maximum atomic E-state index is 12.0. The van der Waals surface area contributed by atoms with Crippen LogP contribution in [0.4, 0.5) is 5.13 Å². The zero-order valence-corrected chi connectivity index (χ0v) is 15.0. The van der Waals surface area contributed by atoms with Gasteiger partial charge in [0.1, 0.15) is 17.6 Å². The number of carbonyl (C=O) groups is 2. The molecule has 7 nitrogen and oxygen atoms in total. The number of ether oxygens (including phenoxy) is 1. The second-order valence-corrected chi connectivity index (χ2v) is 6.15. The van der Waals surface area contributed by atoms with Crippen LogP contribution in [-0.2, 0) is 20.9 Å². The standard InChI is InChI=1S/C17H21N3O4S/c1-4-5-8-23-11(2)16(22)20-17-19-14(10-25-17)15-7-6-13(24-15)9-18-12(3)21/h4,6-7,10-11H,1,5,8-9H2,2-3H3,(H,18,21)(H,19,20,22). The first-order valence-electron chi connectivity index (χ1n) is 7.82. The van der Waals surface area contributed by atoms with Gasteiger partial charge in [0.05, 0.1) is 13.2 Å². The van der Waals surface area contributed by atoms with Crippen LogP contribution < -0.4 is 10.6 Å². The lowest BCUT2D eigenvalue weighted by atomic mass is 10.3. The summed E-state index contributed by atoms with van der Waals surface area (Å²) >= 11 is 1.30. The number of nitrogens with zero attached hydrogens (tertiary/aromatic N) is 1. The Labute approximate surface area is 150 Å². The molecular weight excluding hydrogens is 342 g/mol. The molecule has 0 bridgehead atoms. The molecule has 134 valence electrons. The molecule has 1 unspecified atom stereocenters. The SMILES string of the molecule is C=CCCOC(C)C(=O)Nc1nc(-c2ccc(CNC(C)=O)o2)cs1. The predicted molar refractivity (Wildman–Crippen MR) is 96.2 cm³/mol. The topological polar surface area (TPSA) is 93.5 Å². The van der Waals surface area contributed by atoms with E-state index in [1.807, 2.05) is 0 Å². The van der Waals surface area contributed by atoms with Crippen LogP contribution in [0.25, 0.3) is 11.5 Å². The van der Waals surface area contributed by atoms with Crippen LogP contribution >= 0.6 is 11.3 Å². The van der Waals surface area contributed by atoms with Gasteiger partial charge in [0.2, 0.25) is 5.91 Å². The van der Waals surface area contributed by atoms with Crippen LogP contribution in [0.2, 0.25) is 0 Å². The number of carbonyl (C=O) groups excluding carboxylic acids is 2. The molecule has 0 aliphatic rings. The number of amides is 2. The Balaban J connectivity index is 1.92. The van der Waals surface area contributed by atoms with Crippen molar-refractivity contribution < 1.29 is 18.7 Å². The maximum absolute atomic E-state index is 12.0. The van der Waals surface area contributed by atoms with E-state index in [4.69, 9.17) is 9.15 Å². The number of hydrogen-bond acceptors (Lipinski definition) is 6. The van der Waals surface area contributed by atoms with Crippen molar-refractivity contribution in [3.63, 3.8) is 0 Å². The third-order valence-corrected chi connectivity index (χ3v) is 3.98. The van der Waals surface area contributed by atoms with Gasteiger partial charge in [-0.1, -0.05) is 6.08 Å². The zero-order valence-electron chi connectivity index (χ0n) is 14.2. The lowest BCUT2D eigenvalue weighted by molar-refractivity contribution is -0.126. The lowest BCUT2D eigenvalue weighted by Crippen LogP contribution is -2.27. The highest BCUT2D eigenvalue weighted by Gasteiger charge is 2.16. The molecule has 0 saturated carbocycles. The van der Waals surface area contributed by atoms with Gasteiger partial charge in [-0.2, -0.15) is 0 Å². The minimum Gasteiger partial charge on any atom is -0.458 e. The fraction of sp³-hybridized carbons (Fsp3) is 0.353. The van der Waals surface area contributed by atoms with Gasteiger partial charge in [-0.15, -0.1) is 17.9 Å². The van der Waals surface area contributed by atoms with Crippen LogP contribution in [0.1, 0.15) is 26.0 Å². The smallest absolute Gasteiger partial charge is 0.254 e. The van der Waals surface area contributed by atoms with E-state index in [0.717, 1.165) is 0 Å². The Kier molecular flexibility index (Phi) is 6.91. The van der Waals surface area contributed by atoms with E-state index in [9.17, 15) is 9.59 Å².